The average Bonchev–Trinajstić information content (AvgIpc) is 2.18. The minimum Gasteiger partial charge on any atom is -0.481 e. The van der Waals surface area contributed by atoms with Crippen molar-refractivity contribution in [1.82, 2.24) is 0 Å². The molecule has 0 aliphatic carbocycles. The van der Waals surface area contributed by atoms with E-state index in [0.29, 0.717) is 6.42 Å². The minimum absolute atomic E-state index is 0.177. The molecule has 1 unspecified atom stereocenters. The summed E-state index contributed by atoms with van der Waals surface area (Å²) in [6, 6.07) is 7.76. The lowest BCUT2D eigenvalue weighted by atomic mass is 9.83. The fourth-order valence-corrected chi connectivity index (χ4v) is 1.97. The van der Waals surface area contributed by atoms with E-state index in [4.69, 9.17) is 0 Å². The van der Waals surface area contributed by atoms with Crippen molar-refractivity contribution in [3.8, 4) is 0 Å². The lowest BCUT2D eigenvalue weighted by Gasteiger charge is -2.22. The van der Waals surface area contributed by atoms with E-state index in [1.807, 2.05) is 31.2 Å². The van der Waals surface area contributed by atoms with Crippen LogP contribution in [0.1, 0.15) is 50.7 Å². The Morgan fingerprint density at radius 3 is 2.35 bits per heavy atom. The molecule has 0 aliphatic rings. The van der Waals surface area contributed by atoms with E-state index in [2.05, 4.69) is 20.8 Å². The Kier molecular flexibility index (Phi) is 4.33. The van der Waals surface area contributed by atoms with Gasteiger partial charge < -0.3 is 5.11 Å². The van der Waals surface area contributed by atoms with Gasteiger partial charge in [0.1, 0.15) is 0 Å². The SMILES string of the molecule is Cc1ccccc1C(CCC(C)(C)C)C(=O)O. The Balaban J connectivity index is 2.88. The number of rotatable bonds is 4. The van der Waals surface area contributed by atoms with Gasteiger partial charge >= 0.3 is 5.97 Å². The van der Waals surface area contributed by atoms with Crippen LogP contribution in [0.15, 0.2) is 24.3 Å². The van der Waals surface area contributed by atoms with Crippen molar-refractivity contribution in [2.75, 3.05) is 0 Å². The zero-order valence-corrected chi connectivity index (χ0v) is 11.2. The van der Waals surface area contributed by atoms with Crippen molar-refractivity contribution in [1.29, 1.82) is 0 Å². The van der Waals surface area contributed by atoms with Crippen molar-refractivity contribution in [2.24, 2.45) is 5.41 Å². The highest BCUT2D eigenvalue weighted by molar-refractivity contribution is 5.76. The van der Waals surface area contributed by atoms with Gasteiger partial charge in [-0.25, -0.2) is 0 Å². The average molecular weight is 234 g/mol. The van der Waals surface area contributed by atoms with Crippen molar-refractivity contribution in [3.05, 3.63) is 35.4 Å². The van der Waals surface area contributed by atoms with Gasteiger partial charge in [0.05, 0.1) is 5.92 Å². The Hall–Kier alpha value is -1.31. The van der Waals surface area contributed by atoms with Gasteiger partial charge in [0.2, 0.25) is 0 Å². The van der Waals surface area contributed by atoms with Crippen molar-refractivity contribution < 1.29 is 9.90 Å². The first-order valence-corrected chi connectivity index (χ1v) is 6.09. The van der Waals surface area contributed by atoms with Gasteiger partial charge in [-0.3, -0.25) is 4.79 Å². The first-order valence-electron chi connectivity index (χ1n) is 6.09. The smallest absolute Gasteiger partial charge is 0.310 e. The molecule has 94 valence electrons. The molecule has 0 spiro atoms. The molecule has 0 amide bonds. The first-order chi connectivity index (χ1) is 7.81. The van der Waals surface area contributed by atoms with Crippen molar-refractivity contribution in [2.45, 2.75) is 46.5 Å². The highest BCUT2D eigenvalue weighted by Crippen LogP contribution is 2.30. The molecular formula is C15H22O2. The van der Waals surface area contributed by atoms with Crippen LogP contribution in [0.25, 0.3) is 0 Å². The second kappa shape index (κ2) is 5.35. The molecule has 0 aliphatic heterocycles. The summed E-state index contributed by atoms with van der Waals surface area (Å²) in [7, 11) is 0. The number of aryl methyl sites for hydroxylation is 1. The molecule has 1 atom stereocenters. The van der Waals surface area contributed by atoms with E-state index in [1.54, 1.807) is 0 Å². The summed E-state index contributed by atoms with van der Waals surface area (Å²) in [5.74, 6) is -1.10. The molecule has 1 N–H and O–H groups in total. The van der Waals surface area contributed by atoms with E-state index >= 15 is 0 Å². The van der Waals surface area contributed by atoms with Crippen LogP contribution in [0.5, 0.6) is 0 Å². The van der Waals surface area contributed by atoms with E-state index < -0.39 is 5.97 Å². The maximum Gasteiger partial charge on any atom is 0.310 e. The van der Waals surface area contributed by atoms with Crippen LogP contribution < -0.4 is 0 Å². The molecule has 0 saturated carbocycles. The molecule has 17 heavy (non-hydrogen) atoms. The number of benzene rings is 1. The van der Waals surface area contributed by atoms with E-state index in [0.717, 1.165) is 17.5 Å². The van der Waals surface area contributed by atoms with Gasteiger partial charge in [0, 0.05) is 0 Å². The molecule has 0 aromatic heterocycles. The summed E-state index contributed by atoms with van der Waals surface area (Å²) >= 11 is 0. The normalized spacial score (nSPS) is 13.4. The molecule has 0 radical (unpaired) electrons. The van der Waals surface area contributed by atoms with Gasteiger partial charge in [-0.1, -0.05) is 45.0 Å². The lowest BCUT2D eigenvalue weighted by Crippen LogP contribution is -2.16. The zero-order valence-electron chi connectivity index (χ0n) is 11.2. The van der Waals surface area contributed by atoms with Crippen molar-refractivity contribution >= 4 is 5.97 Å². The van der Waals surface area contributed by atoms with Gasteiger partial charge in [0.15, 0.2) is 0 Å². The van der Waals surface area contributed by atoms with Crippen molar-refractivity contribution in [3.63, 3.8) is 0 Å². The van der Waals surface area contributed by atoms with Crippen LogP contribution in [0.4, 0.5) is 0 Å². The summed E-state index contributed by atoms with van der Waals surface area (Å²) in [4.78, 5) is 11.4. The second-order valence-electron chi connectivity index (χ2n) is 5.85. The van der Waals surface area contributed by atoms with Crippen LogP contribution in [0, 0.1) is 12.3 Å². The monoisotopic (exact) mass is 234 g/mol. The summed E-state index contributed by atoms with van der Waals surface area (Å²) in [5, 5.41) is 9.35. The topological polar surface area (TPSA) is 37.3 Å². The Morgan fingerprint density at radius 2 is 1.88 bits per heavy atom. The standard InChI is InChI=1S/C15H22O2/c1-11-7-5-6-8-12(11)13(14(16)17)9-10-15(2,3)4/h5-8,13H,9-10H2,1-4H3,(H,16,17). The molecule has 0 heterocycles. The molecule has 2 heteroatoms. The summed E-state index contributed by atoms with van der Waals surface area (Å²) < 4.78 is 0. The highest BCUT2D eigenvalue weighted by Gasteiger charge is 2.23. The van der Waals surface area contributed by atoms with Crippen LogP contribution >= 0.6 is 0 Å². The Morgan fingerprint density at radius 1 is 1.29 bits per heavy atom. The van der Waals surface area contributed by atoms with Crippen LogP contribution in [0.2, 0.25) is 0 Å². The van der Waals surface area contributed by atoms with Crippen LogP contribution in [0.3, 0.4) is 0 Å². The number of hydrogen-bond donors (Lipinski definition) is 1. The third-order valence-corrected chi connectivity index (χ3v) is 3.04. The lowest BCUT2D eigenvalue weighted by molar-refractivity contribution is -0.139. The Bertz CT molecular complexity index is 388. The fourth-order valence-electron chi connectivity index (χ4n) is 1.97. The zero-order chi connectivity index (χ0) is 13.1. The summed E-state index contributed by atoms with van der Waals surface area (Å²) in [5.41, 5.74) is 2.19. The molecule has 0 bridgehead atoms. The molecule has 1 aromatic rings. The maximum absolute atomic E-state index is 11.4. The number of carboxylic acids is 1. The number of carboxylic acid groups (broad SMARTS) is 1. The largest absolute Gasteiger partial charge is 0.481 e. The molecule has 0 saturated heterocycles. The van der Waals surface area contributed by atoms with E-state index in [-0.39, 0.29) is 11.3 Å². The Labute approximate surface area is 104 Å². The molecular weight excluding hydrogens is 212 g/mol. The highest BCUT2D eigenvalue weighted by atomic mass is 16.4. The van der Waals surface area contributed by atoms with Gasteiger partial charge in [0.25, 0.3) is 0 Å². The summed E-state index contributed by atoms with van der Waals surface area (Å²) in [6.45, 7) is 8.40. The first kappa shape index (κ1) is 13.8. The maximum atomic E-state index is 11.4. The quantitative estimate of drug-likeness (QED) is 0.855. The van der Waals surface area contributed by atoms with Crippen LogP contribution in [-0.4, -0.2) is 11.1 Å². The number of aliphatic carboxylic acids is 1. The van der Waals surface area contributed by atoms with Gasteiger partial charge in [-0.05, 0) is 36.3 Å². The predicted octanol–water partition coefficient (Wildman–Crippen LogP) is 3.99. The summed E-state index contributed by atoms with van der Waals surface area (Å²) in [6.07, 6.45) is 1.61. The van der Waals surface area contributed by atoms with E-state index in [9.17, 15) is 9.90 Å². The fraction of sp³-hybridized carbons (Fsp3) is 0.533. The third-order valence-electron chi connectivity index (χ3n) is 3.04. The number of hydrogen-bond acceptors (Lipinski definition) is 1. The van der Waals surface area contributed by atoms with Crippen LogP contribution in [-0.2, 0) is 4.79 Å². The van der Waals surface area contributed by atoms with Gasteiger partial charge in [-0.15, -0.1) is 0 Å². The third kappa shape index (κ3) is 4.22. The molecule has 0 fully saturated rings. The predicted molar refractivity (Wildman–Crippen MR) is 70.2 cm³/mol. The van der Waals surface area contributed by atoms with Gasteiger partial charge in [-0.2, -0.15) is 0 Å². The second-order valence-corrected chi connectivity index (χ2v) is 5.85. The molecule has 1 rings (SSSR count). The molecule has 2 nitrogen and oxygen atoms in total. The van der Waals surface area contributed by atoms with E-state index in [1.165, 1.54) is 0 Å². The minimum atomic E-state index is -0.719. The molecule has 1 aromatic carbocycles. The number of carbonyl (C=O) groups is 1.